The molecule has 1 aromatic rings. The Morgan fingerprint density at radius 1 is 1.31 bits per heavy atom. The van der Waals surface area contributed by atoms with Crippen molar-refractivity contribution in [3.8, 4) is 0 Å². The molecule has 3 heteroatoms. The van der Waals surface area contributed by atoms with E-state index in [1.807, 2.05) is 24.3 Å². The van der Waals surface area contributed by atoms with Crippen LogP contribution in [0.3, 0.4) is 0 Å². The predicted octanol–water partition coefficient (Wildman–Crippen LogP) is 4.06. The second kappa shape index (κ2) is 7.21. The molecule has 0 aromatic heterocycles. The van der Waals surface area contributed by atoms with E-state index in [4.69, 9.17) is 16.3 Å². The molecule has 0 aliphatic heterocycles. The SMILES string of the molecule is CC(C)C(CS)COCc1ccccc1Cl. The number of hydrogen-bond acceptors (Lipinski definition) is 2. The van der Waals surface area contributed by atoms with Crippen LogP contribution >= 0.6 is 24.2 Å². The Kier molecular flexibility index (Phi) is 6.25. The van der Waals surface area contributed by atoms with Crippen molar-refractivity contribution in [2.24, 2.45) is 11.8 Å². The van der Waals surface area contributed by atoms with Crippen molar-refractivity contribution >= 4 is 24.2 Å². The van der Waals surface area contributed by atoms with E-state index in [9.17, 15) is 0 Å². The zero-order valence-electron chi connectivity index (χ0n) is 9.82. The summed E-state index contributed by atoms with van der Waals surface area (Å²) in [5.74, 6) is 1.97. The van der Waals surface area contributed by atoms with Crippen LogP contribution < -0.4 is 0 Å². The highest BCUT2D eigenvalue weighted by Crippen LogP contribution is 2.18. The van der Waals surface area contributed by atoms with Gasteiger partial charge in [0, 0.05) is 5.02 Å². The van der Waals surface area contributed by atoms with Gasteiger partial charge in [-0.3, -0.25) is 0 Å². The van der Waals surface area contributed by atoms with Gasteiger partial charge in [-0.05, 0) is 29.2 Å². The smallest absolute Gasteiger partial charge is 0.0731 e. The maximum absolute atomic E-state index is 6.04. The van der Waals surface area contributed by atoms with Crippen LogP contribution in [-0.4, -0.2) is 12.4 Å². The van der Waals surface area contributed by atoms with E-state index >= 15 is 0 Å². The minimum absolute atomic E-state index is 0.505. The van der Waals surface area contributed by atoms with Crippen molar-refractivity contribution in [3.63, 3.8) is 0 Å². The monoisotopic (exact) mass is 258 g/mol. The molecule has 0 bridgehead atoms. The largest absolute Gasteiger partial charge is 0.376 e. The molecule has 1 atom stereocenters. The van der Waals surface area contributed by atoms with E-state index < -0.39 is 0 Å². The number of benzene rings is 1. The van der Waals surface area contributed by atoms with Crippen LogP contribution in [0.4, 0.5) is 0 Å². The molecule has 1 unspecified atom stereocenters. The molecule has 0 fully saturated rings. The predicted molar refractivity (Wildman–Crippen MR) is 73.3 cm³/mol. The highest BCUT2D eigenvalue weighted by atomic mass is 35.5. The summed E-state index contributed by atoms with van der Waals surface area (Å²) in [6, 6.07) is 7.78. The first-order valence-electron chi connectivity index (χ1n) is 5.57. The first kappa shape index (κ1) is 13.9. The normalized spacial score (nSPS) is 13.1. The molecule has 16 heavy (non-hydrogen) atoms. The topological polar surface area (TPSA) is 9.23 Å². The van der Waals surface area contributed by atoms with Gasteiger partial charge >= 0.3 is 0 Å². The number of hydrogen-bond donors (Lipinski definition) is 1. The summed E-state index contributed by atoms with van der Waals surface area (Å²) in [5.41, 5.74) is 1.05. The minimum Gasteiger partial charge on any atom is -0.376 e. The van der Waals surface area contributed by atoms with Gasteiger partial charge in [-0.15, -0.1) is 0 Å². The number of thiol groups is 1. The second-order valence-electron chi connectivity index (χ2n) is 4.29. The Balaban J connectivity index is 2.38. The summed E-state index contributed by atoms with van der Waals surface area (Å²) in [5, 5.41) is 0.773. The second-order valence-corrected chi connectivity index (χ2v) is 5.07. The van der Waals surface area contributed by atoms with Crippen LogP contribution in [0, 0.1) is 11.8 Å². The van der Waals surface area contributed by atoms with Crippen LogP contribution in [0.5, 0.6) is 0 Å². The molecule has 0 radical (unpaired) electrons. The van der Waals surface area contributed by atoms with Gasteiger partial charge in [0.1, 0.15) is 0 Å². The third-order valence-corrected chi connectivity index (χ3v) is 3.56. The van der Waals surface area contributed by atoms with Gasteiger partial charge in [0.2, 0.25) is 0 Å². The van der Waals surface area contributed by atoms with Crippen molar-refractivity contribution < 1.29 is 4.74 Å². The van der Waals surface area contributed by atoms with Crippen molar-refractivity contribution in [3.05, 3.63) is 34.9 Å². The van der Waals surface area contributed by atoms with Crippen LogP contribution in [0.1, 0.15) is 19.4 Å². The zero-order valence-corrected chi connectivity index (χ0v) is 11.5. The van der Waals surface area contributed by atoms with Crippen molar-refractivity contribution in [1.29, 1.82) is 0 Å². The quantitative estimate of drug-likeness (QED) is 0.757. The maximum Gasteiger partial charge on any atom is 0.0731 e. The Labute approximate surface area is 109 Å². The van der Waals surface area contributed by atoms with Crippen LogP contribution in [0.15, 0.2) is 24.3 Å². The van der Waals surface area contributed by atoms with E-state index in [1.165, 1.54) is 0 Å². The molecule has 0 aliphatic rings. The summed E-state index contributed by atoms with van der Waals surface area (Å²) in [6.45, 7) is 5.71. The van der Waals surface area contributed by atoms with Gasteiger partial charge in [-0.2, -0.15) is 12.6 Å². The third kappa shape index (κ3) is 4.36. The minimum atomic E-state index is 0.505. The van der Waals surface area contributed by atoms with E-state index in [0.29, 0.717) is 18.4 Å². The summed E-state index contributed by atoms with van der Waals surface area (Å²) < 4.78 is 5.68. The third-order valence-electron chi connectivity index (χ3n) is 2.72. The number of ether oxygens (including phenoxy) is 1. The molecule has 90 valence electrons. The molecule has 0 aliphatic carbocycles. The average Bonchev–Trinajstić information content (AvgIpc) is 2.26. The summed E-state index contributed by atoms with van der Waals surface area (Å²) >= 11 is 10.4. The molecule has 0 saturated carbocycles. The molecule has 0 N–H and O–H groups in total. The fourth-order valence-corrected chi connectivity index (χ4v) is 2.11. The summed E-state index contributed by atoms with van der Waals surface area (Å²) in [6.07, 6.45) is 0. The van der Waals surface area contributed by atoms with Crippen molar-refractivity contribution in [2.45, 2.75) is 20.5 Å². The van der Waals surface area contributed by atoms with Crippen LogP contribution in [0.2, 0.25) is 5.02 Å². The van der Waals surface area contributed by atoms with Gasteiger partial charge in [0.05, 0.1) is 13.2 Å². The highest BCUT2D eigenvalue weighted by molar-refractivity contribution is 7.80. The summed E-state index contributed by atoms with van der Waals surface area (Å²) in [4.78, 5) is 0. The van der Waals surface area contributed by atoms with Gasteiger partial charge in [0.25, 0.3) is 0 Å². The molecule has 1 rings (SSSR count). The standard InChI is InChI=1S/C13H19ClOS/c1-10(2)12(9-16)8-15-7-11-5-3-4-6-13(11)14/h3-6,10,12,16H,7-9H2,1-2H3. The highest BCUT2D eigenvalue weighted by Gasteiger charge is 2.11. The van der Waals surface area contributed by atoms with Gasteiger partial charge < -0.3 is 4.74 Å². The molecule has 1 nitrogen and oxygen atoms in total. The Hall–Kier alpha value is -0.180. The number of halogens is 1. The molecule has 1 aromatic carbocycles. The Bertz CT molecular complexity index is 315. The van der Waals surface area contributed by atoms with E-state index in [1.54, 1.807) is 0 Å². The lowest BCUT2D eigenvalue weighted by Gasteiger charge is -2.18. The molecule has 0 amide bonds. The zero-order chi connectivity index (χ0) is 12.0. The fraction of sp³-hybridized carbons (Fsp3) is 0.538. The average molecular weight is 259 g/mol. The Morgan fingerprint density at radius 2 is 2.00 bits per heavy atom. The first-order valence-corrected chi connectivity index (χ1v) is 6.58. The van der Waals surface area contributed by atoms with E-state index in [-0.39, 0.29) is 0 Å². The van der Waals surface area contributed by atoms with Crippen molar-refractivity contribution in [1.82, 2.24) is 0 Å². The lowest BCUT2D eigenvalue weighted by Crippen LogP contribution is -2.17. The first-order chi connectivity index (χ1) is 7.65. The van der Waals surface area contributed by atoms with Crippen LogP contribution in [-0.2, 0) is 11.3 Å². The molecule has 0 heterocycles. The molecule has 0 spiro atoms. The lowest BCUT2D eigenvalue weighted by atomic mass is 9.99. The van der Waals surface area contributed by atoms with Crippen molar-refractivity contribution in [2.75, 3.05) is 12.4 Å². The van der Waals surface area contributed by atoms with E-state index in [2.05, 4.69) is 26.5 Å². The Morgan fingerprint density at radius 3 is 2.56 bits per heavy atom. The van der Waals surface area contributed by atoms with E-state index in [0.717, 1.165) is 22.9 Å². The van der Waals surface area contributed by atoms with Gasteiger partial charge in [0.15, 0.2) is 0 Å². The van der Waals surface area contributed by atoms with Gasteiger partial charge in [-0.25, -0.2) is 0 Å². The molecule has 0 saturated heterocycles. The maximum atomic E-state index is 6.04. The molecular formula is C13H19ClOS. The number of rotatable bonds is 6. The molecular weight excluding hydrogens is 240 g/mol. The van der Waals surface area contributed by atoms with Gasteiger partial charge in [-0.1, -0.05) is 43.6 Å². The summed E-state index contributed by atoms with van der Waals surface area (Å²) in [7, 11) is 0. The van der Waals surface area contributed by atoms with Crippen LogP contribution in [0.25, 0.3) is 0 Å². The lowest BCUT2D eigenvalue weighted by molar-refractivity contribution is 0.0798. The fourth-order valence-electron chi connectivity index (χ4n) is 1.39.